The number of pyridine rings is 1. The number of imidazole rings is 1. The number of hydrogen-bond acceptors (Lipinski definition) is 4. The molecule has 0 aromatic carbocycles. The third-order valence-corrected chi connectivity index (χ3v) is 4.17. The Morgan fingerprint density at radius 2 is 2.20 bits per heavy atom. The number of nitrogens with zero attached hydrogens (tertiary/aromatic N) is 4. The normalized spacial score (nSPS) is 11.3. The molecule has 3 heterocycles. The quantitative estimate of drug-likeness (QED) is 0.680. The molecule has 0 fully saturated rings. The number of aryl methyl sites for hydroxylation is 4. The predicted molar refractivity (Wildman–Crippen MR) is 82.5 cm³/mol. The van der Waals surface area contributed by atoms with Crippen LogP contribution < -0.4 is 0 Å². The minimum Gasteiger partial charge on any atom is -0.312 e. The number of rotatable bonds is 5. The maximum absolute atomic E-state index is 5.87. The highest BCUT2D eigenvalue weighted by molar-refractivity contribution is 7.09. The van der Waals surface area contributed by atoms with E-state index in [0.29, 0.717) is 5.88 Å². The van der Waals surface area contributed by atoms with Crippen molar-refractivity contribution in [2.24, 2.45) is 0 Å². The van der Waals surface area contributed by atoms with Gasteiger partial charge in [0.05, 0.1) is 10.7 Å². The van der Waals surface area contributed by atoms with Crippen molar-refractivity contribution >= 4 is 34.1 Å². The largest absolute Gasteiger partial charge is 0.312 e. The van der Waals surface area contributed by atoms with Gasteiger partial charge in [-0.25, -0.2) is 15.0 Å². The molecule has 0 amide bonds. The van der Waals surface area contributed by atoms with Crippen molar-refractivity contribution in [2.45, 2.75) is 26.3 Å². The summed E-state index contributed by atoms with van der Waals surface area (Å²) in [5.74, 6) is 1.57. The van der Waals surface area contributed by atoms with Crippen molar-refractivity contribution in [1.82, 2.24) is 19.5 Å². The minimum absolute atomic E-state index is 0.569. The van der Waals surface area contributed by atoms with Crippen LogP contribution in [0.5, 0.6) is 0 Å². The van der Waals surface area contributed by atoms with E-state index >= 15 is 0 Å². The molecule has 104 valence electrons. The topological polar surface area (TPSA) is 43.6 Å². The Morgan fingerprint density at radius 3 is 2.95 bits per heavy atom. The predicted octanol–water partition coefficient (Wildman–Crippen LogP) is 3.22. The molecule has 0 saturated carbocycles. The average molecular weight is 307 g/mol. The van der Waals surface area contributed by atoms with E-state index < -0.39 is 0 Å². The Bertz CT molecular complexity index is 719. The van der Waals surface area contributed by atoms with Gasteiger partial charge in [0, 0.05) is 36.8 Å². The van der Waals surface area contributed by atoms with Crippen LogP contribution in [-0.4, -0.2) is 25.4 Å². The molecule has 20 heavy (non-hydrogen) atoms. The first kappa shape index (κ1) is 13.5. The molecule has 3 aromatic heterocycles. The summed E-state index contributed by atoms with van der Waals surface area (Å²) < 4.78 is 2.16. The summed E-state index contributed by atoms with van der Waals surface area (Å²) in [7, 11) is 0. The number of hydrogen-bond donors (Lipinski definition) is 0. The fourth-order valence-electron chi connectivity index (χ4n) is 2.27. The second-order valence-electron chi connectivity index (χ2n) is 4.57. The van der Waals surface area contributed by atoms with Crippen molar-refractivity contribution in [2.75, 3.05) is 5.88 Å². The van der Waals surface area contributed by atoms with Crippen LogP contribution in [-0.2, 0) is 19.4 Å². The average Bonchev–Trinajstić information content (AvgIpc) is 3.00. The van der Waals surface area contributed by atoms with Gasteiger partial charge in [-0.2, -0.15) is 0 Å². The molecular formula is C14H15ClN4S. The lowest BCUT2D eigenvalue weighted by molar-refractivity contribution is 0.662. The van der Waals surface area contributed by atoms with Gasteiger partial charge in [0.25, 0.3) is 0 Å². The molecule has 4 nitrogen and oxygen atoms in total. The van der Waals surface area contributed by atoms with Crippen LogP contribution in [0.25, 0.3) is 11.2 Å². The van der Waals surface area contributed by atoms with Crippen molar-refractivity contribution in [3.8, 4) is 0 Å². The van der Waals surface area contributed by atoms with Gasteiger partial charge in [0.1, 0.15) is 11.3 Å². The molecule has 0 unspecified atom stereocenters. The standard InChI is InChI=1S/C14H15ClN4S/c1-10-17-11(9-20-10)5-8-19-13(4-6-15)18-12-3-2-7-16-14(12)19/h2-3,7,9H,4-6,8H2,1H3. The number of aromatic nitrogens is 4. The first-order valence-corrected chi connectivity index (χ1v) is 7.96. The van der Waals surface area contributed by atoms with Crippen molar-refractivity contribution in [3.05, 3.63) is 40.2 Å². The molecule has 0 atom stereocenters. The lowest BCUT2D eigenvalue weighted by Crippen LogP contribution is -2.08. The molecule has 0 aliphatic heterocycles. The second kappa shape index (κ2) is 5.89. The van der Waals surface area contributed by atoms with Gasteiger partial charge >= 0.3 is 0 Å². The third-order valence-electron chi connectivity index (χ3n) is 3.16. The molecule has 0 bridgehead atoms. The smallest absolute Gasteiger partial charge is 0.159 e. The van der Waals surface area contributed by atoms with Crippen LogP contribution >= 0.6 is 22.9 Å². The first-order valence-electron chi connectivity index (χ1n) is 6.55. The third kappa shape index (κ3) is 2.69. The molecule has 0 spiro atoms. The van der Waals surface area contributed by atoms with Gasteiger partial charge in [0.2, 0.25) is 0 Å². The zero-order valence-electron chi connectivity index (χ0n) is 11.2. The number of halogens is 1. The van der Waals surface area contributed by atoms with E-state index in [0.717, 1.165) is 47.1 Å². The number of alkyl halides is 1. The lowest BCUT2D eigenvalue weighted by Gasteiger charge is -2.06. The molecule has 0 N–H and O–H groups in total. The zero-order chi connectivity index (χ0) is 13.9. The molecule has 6 heteroatoms. The summed E-state index contributed by atoms with van der Waals surface area (Å²) >= 11 is 7.56. The Kier molecular flexibility index (Phi) is 3.98. The van der Waals surface area contributed by atoms with Gasteiger partial charge in [-0.1, -0.05) is 0 Å². The van der Waals surface area contributed by atoms with E-state index in [-0.39, 0.29) is 0 Å². The van der Waals surface area contributed by atoms with E-state index in [1.807, 2.05) is 19.1 Å². The van der Waals surface area contributed by atoms with Gasteiger partial charge < -0.3 is 4.57 Å². The summed E-state index contributed by atoms with van der Waals surface area (Å²) in [6.45, 7) is 2.87. The van der Waals surface area contributed by atoms with Crippen molar-refractivity contribution in [3.63, 3.8) is 0 Å². The summed E-state index contributed by atoms with van der Waals surface area (Å²) in [4.78, 5) is 13.6. The fourth-order valence-corrected chi connectivity index (χ4v) is 3.08. The molecule has 0 saturated heterocycles. The highest BCUT2D eigenvalue weighted by atomic mass is 35.5. The Morgan fingerprint density at radius 1 is 1.30 bits per heavy atom. The van der Waals surface area contributed by atoms with E-state index in [1.54, 1.807) is 17.5 Å². The molecular weight excluding hydrogens is 292 g/mol. The van der Waals surface area contributed by atoms with Gasteiger partial charge in [-0.15, -0.1) is 22.9 Å². The zero-order valence-corrected chi connectivity index (χ0v) is 12.8. The van der Waals surface area contributed by atoms with Gasteiger partial charge in [-0.05, 0) is 19.1 Å². The molecule has 0 aliphatic rings. The van der Waals surface area contributed by atoms with E-state index in [4.69, 9.17) is 11.6 Å². The second-order valence-corrected chi connectivity index (χ2v) is 6.01. The summed E-state index contributed by atoms with van der Waals surface area (Å²) in [5.41, 5.74) is 2.99. The molecule has 0 radical (unpaired) electrons. The monoisotopic (exact) mass is 306 g/mol. The SMILES string of the molecule is Cc1nc(CCn2c(CCCl)nc3cccnc32)cs1. The van der Waals surface area contributed by atoms with Crippen LogP contribution in [0.4, 0.5) is 0 Å². The fraction of sp³-hybridized carbons (Fsp3) is 0.357. The highest BCUT2D eigenvalue weighted by Gasteiger charge is 2.11. The minimum atomic E-state index is 0.569. The summed E-state index contributed by atoms with van der Waals surface area (Å²) in [5, 5.41) is 3.22. The highest BCUT2D eigenvalue weighted by Crippen LogP contribution is 2.16. The maximum Gasteiger partial charge on any atom is 0.159 e. The Balaban J connectivity index is 1.90. The van der Waals surface area contributed by atoms with E-state index in [9.17, 15) is 0 Å². The summed E-state index contributed by atoms with van der Waals surface area (Å²) in [6.07, 6.45) is 3.45. The Labute approximate surface area is 126 Å². The van der Waals surface area contributed by atoms with Gasteiger partial charge in [-0.3, -0.25) is 0 Å². The van der Waals surface area contributed by atoms with Crippen LogP contribution in [0.3, 0.4) is 0 Å². The van der Waals surface area contributed by atoms with Gasteiger partial charge in [0.15, 0.2) is 5.65 Å². The van der Waals surface area contributed by atoms with Crippen LogP contribution in [0.15, 0.2) is 23.7 Å². The van der Waals surface area contributed by atoms with Crippen LogP contribution in [0.1, 0.15) is 16.5 Å². The van der Waals surface area contributed by atoms with Crippen LogP contribution in [0.2, 0.25) is 0 Å². The first-order chi connectivity index (χ1) is 9.78. The molecule has 0 aliphatic carbocycles. The number of thiazole rings is 1. The van der Waals surface area contributed by atoms with Crippen molar-refractivity contribution < 1.29 is 0 Å². The number of fused-ring (bicyclic) bond motifs is 1. The van der Waals surface area contributed by atoms with Crippen molar-refractivity contribution in [1.29, 1.82) is 0 Å². The van der Waals surface area contributed by atoms with Crippen LogP contribution in [0, 0.1) is 6.92 Å². The molecule has 3 rings (SSSR count). The van der Waals surface area contributed by atoms with E-state index in [2.05, 4.69) is 24.9 Å². The Hall–Kier alpha value is -1.46. The molecule has 3 aromatic rings. The van der Waals surface area contributed by atoms with E-state index in [1.165, 1.54) is 0 Å². The maximum atomic E-state index is 5.87. The lowest BCUT2D eigenvalue weighted by atomic mass is 10.3. The summed E-state index contributed by atoms with van der Waals surface area (Å²) in [6, 6.07) is 3.90.